The monoisotopic (exact) mass is 309 g/mol. The van der Waals surface area contributed by atoms with Gasteiger partial charge in [0.2, 0.25) is 0 Å². The summed E-state index contributed by atoms with van der Waals surface area (Å²) in [7, 11) is 3.14. The van der Waals surface area contributed by atoms with Crippen LogP contribution in [0.15, 0.2) is 54.4 Å². The maximum absolute atomic E-state index is 12.1. The van der Waals surface area contributed by atoms with Crippen LogP contribution >= 0.6 is 0 Å². The van der Waals surface area contributed by atoms with Crippen molar-refractivity contribution >= 4 is 17.8 Å². The Balaban J connectivity index is 2.00. The van der Waals surface area contributed by atoms with Gasteiger partial charge in [-0.15, -0.1) is 0 Å². The lowest BCUT2D eigenvalue weighted by molar-refractivity contribution is -0.130. The van der Waals surface area contributed by atoms with Gasteiger partial charge in [0.1, 0.15) is 17.3 Å². The summed E-state index contributed by atoms with van der Waals surface area (Å²) in [5.41, 5.74) is 1.95. The van der Waals surface area contributed by atoms with Gasteiger partial charge in [0.05, 0.1) is 25.4 Å². The molecule has 0 radical (unpaired) electrons. The molecule has 1 aliphatic rings. The molecule has 0 spiro atoms. The fourth-order valence-electron chi connectivity index (χ4n) is 2.27. The third-order valence-electron chi connectivity index (χ3n) is 3.40. The minimum absolute atomic E-state index is 0.409. The Morgan fingerprint density at radius 3 is 2.74 bits per heavy atom. The highest BCUT2D eigenvalue weighted by molar-refractivity contribution is 6.05. The molecule has 0 saturated heterocycles. The van der Waals surface area contributed by atoms with Crippen LogP contribution in [0.2, 0.25) is 0 Å². The number of pyridine rings is 1. The highest BCUT2D eigenvalue weighted by Crippen LogP contribution is 2.35. The van der Waals surface area contributed by atoms with E-state index in [2.05, 4.69) is 4.98 Å². The summed E-state index contributed by atoms with van der Waals surface area (Å²) in [6, 6.07) is 9.00. The molecule has 1 aromatic heterocycles. The van der Waals surface area contributed by atoms with Crippen molar-refractivity contribution in [2.45, 2.75) is 0 Å². The quantitative estimate of drug-likeness (QED) is 0.641. The van der Waals surface area contributed by atoms with Crippen molar-refractivity contribution in [3.63, 3.8) is 0 Å². The molecule has 0 atom stereocenters. The molecule has 0 saturated carbocycles. The van der Waals surface area contributed by atoms with E-state index in [1.54, 1.807) is 57.0 Å². The fourth-order valence-corrected chi connectivity index (χ4v) is 2.27. The zero-order valence-electron chi connectivity index (χ0n) is 12.8. The first kappa shape index (κ1) is 14.8. The summed E-state index contributed by atoms with van der Waals surface area (Å²) < 4.78 is 15.9. The number of cyclic esters (lactones) is 1. The number of carbonyl (C=O) groups is 1. The number of hydrogen-bond donors (Lipinski definition) is 0. The number of methoxy groups -OCH3 is 2. The number of nitrogens with zero attached hydrogens (tertiary/aromatic N) is 1. The molecular weight excluding hydrogens is 294 g/mol. The van der Waals surface area contributed by atoms with Crippen LogP contribution in [0.1, 0.15) is 11.1 Å². The van der Waals surface area contributed by atoms with E-state index in [4.69, 9.17) is 14.2 Å². The van der Waals surface area contributed by atoms with Gasteiger partial charge < -0.3 is 14.2 Å². The van der Waals surface area contributed by atoms with Gasteiger partial charge in [-0.2, -0.15) is 0 Å². The van der Waals surface area contributed by atoms with E-state index >= 15 is 0 Å². The predicted molar refractivity (Wildman–Crippen MR) is 85.8 cm³/mol. The van der Waals surface area contributed by atoms with Crippen LogP contribution < -0.4 is 9.47 Å². The van der Waals surface area contributed by atoms with Gasteiger partial charge in [-0.25, -0.2) is 4.79 Å². The third kappa shape index (κ3) is 3.08. The van der Waals surface area contributed by atoms with Crippen LogP contribution in [0.5, 0.6) is 11.5 Å². The number of benzene rings is 1. The molecule has 2 aromatic rings. The Morgan fingerprint density at radius 2 is 2.04 bits per heavy atom. The van der Waals surface area contributed by atoms with Crippen molar-refractivity contribution in [1.29, 1.82) is 0 Å². The van der Waals surface area contributed by atoms with Gasteiger partial charge in [0, 0.05) is 12.4 Å². The van der Waals surface area contributed by atoms with Crippen LogP contribution in [0.3, 0.4) is 0 Å². The maximum atomic E-state index is 12.1. The molecule has 0 amide bonds. The molecule has 2 heterocycles. The Labute approximate surface area is 133 Å². The van der Waals surface area contributed by atoms with Gasteiger partial charge in [0.15, 0.2) is 0 Å². The molecule has 116 valence electrons. The average molecular weight is 309 g/mol. The zero-order chi connectivity index (χ0) is 16.2. The SMILES string of the molecule is COc1ccc(OC)c(C2=CC(=Cc3cccnc3)C(=O)O2)c1. The molecular formula is C18H15NO4. The fraction of sp³-hybridized carbons (Fsp3) is 0.111. The number of esters is 1. The second-order valence-corrected chi connectivity index (χ2v) is 4.85. The number of aromatic nitrogens is 1. The number of rotatable bonds is 4. The first-order valence-corrected chi connectivity index (χ1v) is 6.99. The van der Waals surface area contributed by atoms with Crippen molar-refractivity contribution in [1.82, 2.24) is 4.98 Å². The summed E-state index contributed by atoms with van der Waals surface area (Å²) in [6.45, 7) is 0. The Hall–Kier alpha value is -3.08. The Bertz CT molecular complexity index is 794. The van der Waals surface area contributed by atoms with E-state index in [1.807, 2.05) is 12.1 Å². The number of carbonyl (C=O) groups excluding carboxylic acids is 1. The van der Waals surface area contributed by atoms with Gasteiger partial charge in [-0.3, -0.25) is 4.98 Å². The lowest BCUT2D eigenvalue weighted by Gasteiger charge is -2.10. The minimum Gasteiger partial charge on any atom is -0.497 e. The lowest BCUT2D eigenvalue weighted by atomic mass is 10.1. The van der Waals surface area contributed by atoms with Crippen LogP contribution in [0.4, 0.5) is 0 Å². The van der Waals surface area contributed by atoms with Crippen molar-refractivity contribution < 1.29 is 19.0 Å². The van der Waals surface area contributed by atoms with E-state index in [0.29, 0.717) is 28.4 Å². The average Bonchev–Trinajstić information content (AvgIpc) is 2.95. The van der Waals surface area contributed by atoms with Gasteiger partial charge in [0.25, 0.3) is 0 Å². The van der Waals surface area contributed by atoms with Crippen molar-refractivity contribution in [3.8, 4) is 11.5 Å². The van der Waals surface area contributed by atoms with Crippen molar-refractivity contribution in [3.05, 3.63) is 65.5 Å². The molecule has 1 aromatic carbocycles. The summed E-state index contributed by atoms with van der Waals surface area (Å²) in [5, 5.41) is 0. The van der Waals surface area contributed by atoms with E-state index in [-0.39, 0.29) is 0 Å². The van der Waals surface area contributed by atoms with Crippen LogP contribution in [-0.2, 0) is 9.53 Å². The normalized spacial score (nSPS) is 15.3. The molecule has 0 fully saturated rings. The Morgan fingerprint density at radius 1 is 1.17 bits per heavy atom. The van der Waals surface area contributed by atoms with Crippen LogP contribution in [0.25, 0.3) is 11.8 Å². The number of hydrogen-bond acceptors (Lipinski definition) is 5. The molecule has 23 heavy (non-hydrogen) atoms. The molecule has 3 rings (SSSR count). The van der Waals surface area contributed by atoms with Crippen LogP contribution in [-0.4, -0.2) is 25.2 Å². The van der Waals surface area contributed by atoms with Gasteiger partial charge >= 0.3 is 5.97 Å². The highest BCUT2D eigenvalue weighted by atomic mass is 16.5. The second-order valence-electron chi connectivity index (χ2n) is 4.85. The molecule has 0 N–H and O–H groups in total. The molecule has 5 nitrogen and oxygen atoms in total. The molecule has 0 aliphatic carbocycles. The van der Waals surface area contributed by atoms with E-state index < -0.39 is 5.97 Å². The molecule has 0 bridgehead atoms. The maximum Gasteiger partial charge on any atom is 0.343 e. The largest absolute Gasteiger partial charge is 0.497 e. The summed E-state index contributed by atoms with van der Waals surface area (Å²) >= 11 is 0. The standard InChI is InChI=1S/C18H15NO4/c1-21-14-5-6-16(22-2)15(10-14)17-9-13(18(20)23-17)8-12-4-3-7-19-11-12/h3-11H,1-2H3. The number of ether oxygens (including phenoxy) is 3. The smallest absolute Gasteiger partial charge is 0.343 e. The third-order valence-corrected chi connectivity index (χ3v) is 3.40. The first-order chi connectivity index (χ1) is 11.2. The first-order valence-electron chi connectivity index (χ1n) is 6.99. The van der Waals surface area contributed by atoms with E-state index in [9.17, 15) is 4.79 Å². The molecule has 0 unspecified atom stereocenters. The zero-order valence-corrected chi connectivity index (χ0v) is 12.8. The van der Waals surface area contributed by atoms with Crippen molar-refractivity contribution in [2.24, 2.45) is 0 Å². The van der Waals surface area contributed by atoms with Gasteiger partial charge in [-0.1, -0.05) is 6.07 Å². The van der Waals surface area contributed by atoms with Crippen LogP contribution in [0, 0.1) is 0 Å². The molecule has 5 heteroatoms. The summed E-state index contributed by atoms with van der Waals surface area (Å²) in [5.74, 6) is 1.28. The van der Waals surface area contributed by atoms with E-state index in [1.165, 1.54) is 0 Å². The summed E-state index contributed by atoms with van der Waals surface area (Å²) in [6.07, 6.45) is 6.78. The predicted octanol–water partition coefficient (Wildman–Crippen LogP) is 3.08. The minimum atomic E-state index is -0.409. The Kier molecular flexibility index (Phi) is 4.10. The topological polar surface area (TPSA) is 57.7 Å². The second kappa shape index (κ2) is 6.36. The highest BCUT2D eigenvalue weighted by Gasteiger charge is 2.24. The molecule has 1 aliphatic heterocycles. The van der Waals surface area contributed by atoms with Gasteiger partial charge in [-0.05, 0) is 42.0 Å². The van der Waals surface area contributed by atoms with Crippen molar-refractivity contribution in [2.75, 3.05) is 14.2 Å². The lowest BCUT2D eigenvalue weighted by Crippen LogP contribution is -1.98. The van der Waals surface area contributed by atoms with E-state index in [0.717, 1.165) is 5.56 Å². The summed E-state index contributed by atoms with van der Waals surface area (Å²) in [4.78, 5) is 16.1.